The molecule has 1 aromatic carbocycles. The van der Waals surface area contributed by atoms with Gasteiger partial charge in [0.15, 0.2) is 0 Å². The van der Waals surface area contributed by atoms with Gasteiger partial charge >= 0.3 is 0 Å². The Kier molecular flexibility index (Phi) is 9.20. The number of benzene rings is 1. The lowest BCUT2D eigenvalue weighted by atomic mass is 10.1. The largest absolute Gasteiger partial charge is 0.370 e. The number of anilines is 2. The molecular weight excluding hydrogens is 420 g/mol. The van der Waals surface area contributed by atoms with Crippen LogP contribution in [-0.2, 0) is 14.3 Å². The molecule has 1 aromatic rings. The molecule has 0 radical (unpaired) electrons. The molecule has 1 heterocycles. The number of nitrogens with one attached hydrogen (secondary N) is 1. The van der Waals surface area contributed by atoms with Crippen molar-refractivity contribution in [2.45, 2.75) is 32.7 Å². The Morgan fingerprint density at radius 3 is 2.52 bits per heavy atom. The molecule has 1 fully saturated rings. The van der Waals surface area contributed by atoms with Crippen molar-refractivity contribution in [1.82, 2.24) is 4.90 Å². The number of hydrogen-bond acceptors (Lipinski definition) is 5. The van der Waals surface area contributed by atoms with Crippen LogP contribution in [0.2, 0.25) is 0 Å². The highest BCUT2D eigenvalue weighted by Gasteiger charge is 2.29. The Morgan fingerprint density at radius 2 is 1.97 bits per heavy atom. The van der Waals surface area contributed by atoms with Gasteiger partial charge in [-0.05, 0) is 24.1 Å². The lowest BCUT2D eigenvalue weighted by molar-refractivity contribution is -0.125. The van der Waals surface area contributed by atoms with Crippen molar-refractivity contribution in [2.24, 2.45) is 11.7 Å². The summed E-state index contributed by atoms with van der Waals surface area (Å²) < 4.78 is 58.3. The van der Waals surface area contributed by atoms with Gasteiger partial charge in [0.2, 0.25) is 5.91 Å². The Morgan fingerprint density at radius 1 is 1.26 bits per heavy atom. The molecule has 2 amide bonds. The van der Waals surface area contributed by atoms with Crippen molar-refractivity contribution in [1.29, 1.82) is 0 Å². The first-order valence-electron chi connectivity index (χ1n) is 9.97. The molecule has 0 aromatic heterocycles. The highest BCUT2D eigenvalue weighted by Crippen LogP contribution is 2.33. The predicted molar refractivity (Wildman–Crippen MR) is 108 cm³/mol. The number of hydrogen-bond donors (Lipinski definition) is 2. The van der Waals surface area contributed by atoms with Crippen LogP contribution in [0.5, 0.6) is 0 Å². The van der Waals surface area contributed by atoms with E-state index >= 15 is 0 Å². The molecule has 0 saturated carbocycles. The van der Waals surface area contributed by atoms with E-state index in [-0.39, 0.29) is 50.1 Å². The Balaban J connectivity index is 2.24. The number of morpholine rings is 1. The number of amides is 2. The number of carbonyl (C=O) groups is 2. The minimum atomic E-state index is -2.90. The molecular formula is C20H28F4N4O3. The summed E-state index contributed by atoms with van der Waals surface area (Å²) in [5, 5.41) is 2.49. The Bertz CT molecular complexity index is 754. The molecule has 31 heavy (non-hydrogen) atoms. The molecule has 11 heteroatoms. The second kappa shape index (κ2) is 11.4. The molecule has 1 atom stereocenters. The van der Waals surface area contributed by atoms with E-state index in [1.54, 1.807) is 0 Å². The number of alkyl halides is 4. The third-order valence-corrected chi connectivity index (χ3v) is 4.75. The minimum absolute atomic E-state index is 0.0105. The van der Waals surface area contributed by atoms with E-state index in [0.717, 1.165) is 6.07 Å². The highest BCUT2D eigenvalue weighted by molar-refractivity contribution is 5.97. The number of rotatable bonds is 10. The van der Waals surface area contributed by atoms with Gasteiger partial charge in [0.05, 0.1) is 18.8 Å². The maximum absolute atomic E-state index is 13.7. The third kappa shape index (κ3) is 6.88. The number of nitrogens with zero attached hydrogens (tertiary/aromatic N) is 2. The molecule has 0 aliphatic carbocycles. The summed E-state index contributed by atoms with van der Waals surface area (Å²) in [6.45, 7) is 3.18. The summed E-state index contributed by atoms with van der Waals surface area (Å²) in [6, 6.07) is 2.73. The summed E-state index contributed by atoms with van der Waals surface area (Å²) in [5.41, 5.74) is 5.34. The monoisotopic (exact) mass is 448 g/mol. The van der Waals surface area contributed by atoms with E-state index < -0.39 is 42.8 Å². The Labute approximate surface area is 178 Å². The van der Waals surface area contributed by atoms with Crippen LogP contribution >= 0.6 is 0 Å². The molecule has 1 aliphatic rings. The first-order chi connectivity index (χ1) is 14.6. The van der Waals surface area contributed by atoms with Gasteiger partial charge in [0, 0.05) is 30.9 Å². The van der Waals surface area contributed by atoms with Gasteiger partial charge in [-0.1, -0.05) is 13.8 Å². The molecule has 0 unspecified atom stereocenters. The van der Waals surface area contributed by atoms with Gasteiger partial charge in [-0.25, -0.2) is 17.6 Å². The molecule has 1 saturated heterocycles. The standard InChI is InChI=1S/C20H28F4N4O3/c1-12(2)9-27(10-17(21)22)16(8-25)20(30)26-13-3-4-15(14(7-13)19(23)24)28-5-6-31-11-18(28)29/h3-4,7,12,16-17,19H,5-6,8-11,25H2,1-2H3,(H,26,30)/t16-/m1/s1. The molecule has 2 rings (SSSR count). The smallest absolute Gasteiger partial charge is 0.265 e. The zero-order chi connectivity index (χ0) is 23.1. The SMILES string of the molecule is CC(C)CN(CC(F)F)[C@H](CN)C(=O)Nc1ccc(N2CCOCC2=O)c(C(F)F)c1. The molecule has 174 valence electrons. The van der Waals surface area contributed by atoms with Crippen LogP contribution in [0.1, 0.15) is 25.8 Å². The van der Waals surface area contributed by atoms with Crippen molar-refractivity contribution in [3.05, 3.63) is 23.8 Å². The van der Waals surface area contributed by atoms with Crippen LogP contribution in [0.25, 0.3) is 0 Å². The van der Waals surface area contributed by atoms with E-state index in [9.17, 15) is 27.2 Å². The van der Waals surface area contributed by atoms with Crippen molar-refractivity contribution in [3.63, 3.8) is 0 Å². The fourth-order valence-corrected chi connectivity index (χ4v) is 3.45. The van der Waals surface area contributed by atoms with Gasteiger partial charge < -0.3 is 20.7 Å². The average molecular weight is 448 g/mol. The Hall–Kier alpha value is -2.24. The van der Waals surface area contributed by atoms with Gasteiger partial charge in [-0.3, -0.25) is 14.5 Å². The van der Waals surface area contributed by atoms with Gasteiger partial charge in [-0.15, -0.1) is 0 Å². The van der Waals surface area contributed by atoms with E-state index in [1.165, 1.54) is 21.9 Å². The minimum Gasteiger partial charge on any atom is -0.370 e. The van der Waals surface area contributed by atoms with E-state index in [1.807, 2.05) is 13.8 Å². The number of carbonyl (C=O) groups excluding carboxylic acids is 2. The fourth-order valence-electron chi connectivity index (χ4n) is 3.45. The summed E-state index contributed by atoms with van der Waals surface area (Å²) in [4.78, 5) is 27.2. The van der Waals surface area contributed by atoms with Crippen LogP contribution < -0.4 is 16.0 Å². The van der Waals surface area contributed by atoms with Crippen LogP contribution in [0.3, 0.4) is 0 Å². The first kappa shape index (κ1) is 25.0. The van der Waals surface area contributed by atoms with E-state index in [4.69, 9.17) is 10.5 Å². The predicted octanol–water partition coefficient (Wildman–Crippen LogP) is 2.48. The van der Waals surface area contributed by atoms with Gasteiger partial charge in [-0.2, -0.15) is 0 Å². The van der Waals surface area contributed by atoms with E-state index in [2.05, 4.69) is 5.32 Å². The van der Waals surface area contributed by atoms with Crippen LogP contribution in [0.4, 0.5) is 28.9 Å². The summed E-state index contributed by atoms with van der Waals surface area (Å²) in [6.07, 6.45) is -5.56. The molecule has 1 aliphatic heterocycles. The first-order valence-corrected chi connectivity index (χ1v) is 9.97. The zero-order valence-electron chi connectivity index (χ0n) is 17.5. The van der Waals surface area contributed by atoms with Crippen molar-refractivity contribution in [2.75, 3.05) is 49.6 Å². The van der Waals surface area contributed by atoms with Gasteiger partial charge in [0.1, 0.15) is 12.6 Å². The van der Waals surface area contributed by atoms with Crippen LogP contribution in [0.15, 0.2) is 18.2 Å². The van der Waals surface area contributed by atoms with Crippen molar-refractivity contribution >= 4 is 23.2 Å². The number of halogens is 4. The normalized spacial score (nSPS) is 16.0. The zero-order valence-corrected chi connectivity index (χ0v) is 17.5. The lowest BCUT2D eigenvalue weighted by Gasteiger charge is -2.31. The highest BCUT2D eigenvalue weighted by atomic mass is 19.3. The average Bonchev–Trinajstić information content (AvgIpc) is 2.68. The molecule has 7 nitrogen and oxygen atoms in total. The van der Waals surface area contributed by atoms with Crippen LogP contribution in [-0.4, -0.2) is 68.6 Å². The van der Waals surface area contributed by atoms with Crippen molar-refractivity contribution < 1.29 is 31.9 Å². The molecule has 0 spiro atoms. The summed E-state index contributed by atoms with van der Waals surface area (Å²) in [7, 11) is 0. The molecule has 3 N–H and O–H groups in total. The summed E-state index contributed by atoms with van der Waals surface area (Å²) in [5.74, 6) is -1.10. The maximum Gasteiger partial charge on any atom is 0.265 e. The van der Waals surface area contributed by atoms with Crippen molar-refractivity contribution in [3.8, 4) is 0 Å². The van der Waals surface area contributed by atoms with Gasteiger partial charge in [0.25, 0.3) is 18.8 Å². The summed E-state index contributed by atoms with van der Waals surface area (Å²) >= 11 is 0. The molecule has 0 bridgehead atoms. The quantitative estimate of drug-likeness (QED) is 0.537. The second-order valence-electron chi connectivity index (χ2n) is 7.65. The van der Waals surface area contributed by atoms with Crippen LogP contribution in [0, 0.1) is 5.92 Å². The second-order valence-corrected chi connectivity index (χ2v) is 7.65. The maximum atomic E-state index is 13.7. The van der Waals surface area contributed by atoms with E-state index in [0.29, 0.717) is 0 Å². The number of ether oxygens (including phenoxy) is 1. The third-order valence-electron chi connectivity index (χ3n) is 4.75. The lowest BCUT2D eigenvalue weighted by Crippen LogP contribution is -2.51. The fraction of sp³-hybridized carbons (Fsp3) is 0.600. The number of nitrogens with two attached hydrogens (primary N) is 1. The topological polar surface area (TPSA) is 87.9 Å².